The molecule has 0 bridgehead atoms. The number of hydrogen-bond donors (Lipinski definition) is 0. The maximum absolute atomic E-state index is 12.8. The molecule has 0 aliphatic rings. The molecule has 0 spiro atoms. The summed E-state index contributed by atoms with van der Waals surface area (Å²) in [7, 11) is 3.20. The van der Waals surface area contributed by atoms with Crippen molar-refractivity contribution in [2.75, 3.05) is 19.1 Å². The zero-order valence-electron chi connectivity index (χ0n) is 18.2. The van der Waals surface area contributed by atoms with Gasteiger partial charge in [0.2, 0.25) is 5.95 Å². The summed E-state index contributed by atoms with van der Waals surface area (Å²) in [4.78, 5) is 35.4. The van der Waals surface area contributed by atoms with Gasteiger partial charge in [0.1, 0.15) is 0 Å². The molecule has 2 aromatic carbocycles. The summed E-state index contributed by atoms with van der Waals surface area (Å²) >= 11 is 12.3. The van der Waals surface area contributed by atoms with E-state index in [0.717, 1.165) is 11.3 Å². The number of ketones is 1. The van der Waals surface area contributed by atoms with E-state index in [1.807, 2.05) is 48.4 Å². The van der Waals surface area contributed by atoms with Gasteiger partial charge in [-0.25, -0.2) is 9.97 Å². The summed E-state index contributed by atoms with van der Waals surface area (Å²) in [5.74, 6) is -0.808. The second kappa shape index (κ2) is 11.6. The topological polar surface area (TPSA) is 72.4 Å². The van der Waals surface area contributed by atoms with Crippen LogP contribution in [0, 0.1) is 5.92 Å². The van der Waals surface area contributed by atoms with Crippen LogP contribution in [-0.4, -0.2) is 35.9 Å². The van der Waals surface area contributed by atoms with Gasteiger partial charge >= 0.3 is 5.97 Å². The molecule has 0 fully saturated rings. The molecule has 6 nitrogen and oxygen atoms in total. The van der Waals surface area contributed by atoms with Gasteiger partial charge in [-0.15, -0.1) is 0 Å². The van der Waals surface area contributed by atoms with Gasteiger partial charge in [-0.05, 0) is 42.3 Å². The Hall–Kier alpha value is -3.22. The van der Waals surface area contributed by atoms with Crippen molar-refractivity contribution in [3.63, 3.8) is 0 Å². The molecule has 8 heteroatoms. The second-order valence-corrected chi connectivity index (χ2v) is 8.10. The number of Topliss-reactive ketones (excluding diaryl/α,β-unsaturated/α-hetero) is 1. The SMILES string of the molecule is COC(=O)[C@H](C/C=C/c1ccc(N(C)c2ncccn2)cc1)CC(=O)c1c(Cl)cccc1Cl. The zero-order valence-corrected chi connectivity index (χ0v) is 19.8. The van der Waals surface area contributed by atoms with Crippen molar-refractivity contribution in [1.82, 2.24) is 9.97 Å². The van der Waals surface area contributed by atoms with Gasteiger partial charge in [0.05, 0.1) is 28.6 Å². The van der Waals surface area contributed by atoms with E-state index >= 15 is 0 Å². The first-order valence-electron chi connectivity index (χ1n) is 10.2. The number of esters is 1. The number of carbonyl (C=O) groups excluding carboxylic acids is 2. The van der Waals surface area contributed by atoms with Crippen LogP contribution in [0.2, 0.25) is 10.0 Å². The Morgan fingerprint density at radius 2 is 1.67 bits per heavy atom. The first kappa shape index (κ1) is 24.4. The normalized spacial score (nSPS) is 11.9. The van der Waals surface area contributed by atoms with Crippen LogP contribution in [0.4, 0.5) is 11.6 Å². The largest absolute Gasteiger partial charge is 0.469 e. The second-order valence-electron chi connectivity index (χ2n) is 7.28. The van der Waals surface area contributed by atoms with Gasteiger partial charge in [-0.3, -0.25) is 9.59 Å². The summed E-state index contributed by atoms with van der Waals surface area (Å²) in [6, 6.07) is 14.4. The zero-order chi connectivity index (χ0) is 23.8. The van der Waals surface area contributed by atoms with E-state index in [9.17, 15) is 9.59 Å². The molecule has 170 valence electrons. The van der Waals surface area contributed by atoms with Gasteiger partial charge < -0.3 is 9.64 Å². The van der Waals surface area contributed by atoms with E-state index in [1.165, 1.54) is 7.11 Å². The number of rotatable bonds is 9. The number of aromatic nitrogens is 2. The predicted molar refractivity (Wildman–Crippen MR) is 131 cm³/mol. The minimum absolute atomic E-state index is 0.0543. The average Bonchev–Trinajstić information content (AvgIpc) is 2.83. The summed E-state index contributed by atoms with van der Waals surface area (Å²) in [5.41, 5.74) is 2.11. The van der Waals surface area contributed by atoms with Crippen molar-refractivity contribution in [2.24, 2.45) is 5.92 Å². The first-order chi connectivity index (χ1) is 15.9. The number of halogens is 2. The lowest BCUT2D eigenvalue weighted by molar-refractivity contribution is -0.145. The van der Waals surface area contributed by atoms with Crippen molar-refractivity contribution in [1.29, 1.82) is 0 Å². The Labute approximate surface area is 202 Å². The van der Waals surface area contributed by atoms with E-state index in [4.69, 9.17) is 27.9 Å². The third-order valence-corrected chi connectivity index (χ3v) is 5.70. The van der Waals surface area contributed by atoms with Crippen molar-refractivity contribution in [2.45, 2.75) is 12.8 Å². The third-order valence-electron chi connectivity index (χ3n) is 5.07. The fraction of sp³-hybridized carbons (Fsp3) is 0.200. The fourth-order valence-electron chi connectivity index (χ4n) is 3.28. The van der Waals surface area contributed by atoms with Crippen LogP contribution in [0.15, 0.2) is 67.0 Å². The number of methoxy groups -OCH3 is 1. The Bertz CT molecular complexity index is 1120. The van der Waals surface area contributed by atoms with Crippen LogP contribution < -0.4 is 4.90 Å². The molecule has 0 amide bonds. The van der Waals surface area contributed by atoms with Crippen molar-refractivity contribution >= 4 is 52.7 Å². The van der Waals surface area contributed by atoms with E-state index in [-0.39, 0.29) is 27.8 Å². The minimum Gasteiger partial charge on any atom is -0.469 e. The molecular weight excluding hydrogens is 461 g/mol. The van der Waals surface area contributed by atoms with Gasteiger partial charge in [0.25, 0.3) is 0 Å². The van der Waals surface area contributed by atoms with Gasteiger partial charge in [0, 0.05) is 31.5 Å². The van der Waals surface area contributed by atoms with Gasteiger partial charge in [-0.1, -0.05) is 53.6 Å². The Kier molecular flexibility index (Phi) is 8.58. The van der Waals surface area contributed by atoms with Crippen molar-refractivity contribution in [3.8, 4) is 0 Å². The predicted octanol–water partition coefficient (Wildman–Crippen LogP) is 6.02. The molecule has 1 heterocycles. The Balaban J connectivity index is 1.66. The molecule has 0 saturated heterocycles. The number of ether oxygens (including phenoxy) is 1. The summed E-state index contributed by atoms with van der Waals surface area (Å²) in [6.07, 6.45) is 7.41. The highest BCUT2D eigenvalue weighted by molar-refractivity contribution is 6.39. The molecule has 33 heavy (non-hydrogen) atoms. The molecule has 0 saturated carbocycles. The van der Waals surface area contributed by atoms with Crippen LogP contribution in [0.1, 0.15) is 28.8 Å². The summed E-state index contributed by atoms with van der Waals surface area (Å²) < 4.78 is 4.89. The van der Waals surface area contributed by atoms with Crippen molar-refractivity contribution < 1.29 is 14.3 Å². The van der Waals surface area contributed by atoms with Crippen molar-refractivity contribution in [3.05, 3.63) is 88.2 Å². The lowest BCUT2D eigenvalue weighted by Crippen LogP contribution is -2.20. The lowest BCUT2D eigenvalue weighted by atomic mass is 9.95. The third kappa shape index (κ3) is 6.40. The molecular formula is C25H23Cl2N3O3. The molecule has 1 aromatic heterocycles. The van der Waals surface area contributed by atoms with E-state index in [1.54, 1.807) is 36.7 Å². The lowest BCUT2D eigenvalue weighted by Gasteiger charge is -2.16. The number of carbonyl (C=O) groups is 2. The van der Waals surface area contributed by atoms with Crippen LogP contribution in [-0.2, 0) is 9.53 Å². The van der Waals surface area contributed by atoms with E-state index in [0.29, 0.717) is 12.4 Å². The van der Waals surface area contributed by atoms with Crippen LogP contribution in [0.3, 0.4) is 0 Å². The minimum atomic E-state index is -0.647. The van der Waals surface area contributed by atoms with Gasteiger partial charge in [0.15, 0.2) is 5.78 Å². The number of nitrogens with zero attached hydrogens (tertiary/aromatic N) is 3. The highest BCUT2D eigenvalue weighted by atomic mass is 35.5. The van der Waals surface area contributed by atoms with E-state index in [2.05, 4.69) is 9.97 Å². The molecule has 3 rings (SSSR count). The molecule has 0 N–H and O–H groups in total. The van der Waals surface area contributed by atoms with Crippen LogP contribution >= 0.6 is 23.2 Å². The quantitative estimate of drug-likeness (QED) is 0.273. The highest BCUT2D eigenvalue weighted by Gasteiger charge is 2.24. The highest BCUT2D eigenvalue weighted by Crippen LogP contribution is 2.28. The molecule has 0 unspecified atom stereocenters. The number of anilines is 2. The summed E-state index contributed by atoms with van der Waals surface area (Å²) in [6.45, 7) is 0. The number of hydrogen-bond acceptors (Lipinski definition) is 6. The standard InChI is InChI=1S/C25H23Cl2N3O3/c1-30(25-28-14-5-15-29-25)19-12-10-17(11-13-19)6-3-7-18(24(32)33-2)16-22(31)23-20(26)8-4-9-21(23)27/h3-6,8-15,18H,7,16H2,1-2H3/b6-3+/t18-/m1/s1. The molecule has 3 aromatic rings. The number of benzene rings is 2. The maximum Gasteiger partial charge on any atom is 0.309 e. The fourth-order valence-corrected chi connectivity index (χ4v) is 3.89. The first-order valence-corrected chi connectivity index (χ1v) is 11.0. The Morgan fingerprint density at radius 1 is 1.03 bits per heavy atom. The maximum atomic E-state index is 12.8. The molecule has 0 aliphatic heterocycles. The smallest absolute Gasteiger partial charge is 0.309 e. The van der Waals surface area contributed by atoms with Crippen LogP contribution in [0.25, 0.3) is 6.08 Å². The number of allylic oxidation sites excluding steroid dienone is 1. The molecule has 0 radical (unpaired) electrons. The monoisotopic (exact) mass is 483 g/mol. The molecule has 1 atom stereocenters. The molecule has 0 aliphatic carbocycles. The summed E-state index contributed by atoms with van der Waals surface area (Å²) in [5, 5.41) is 0.523. The van der Waals surface area contributed by atoms with E-state index < -0.39 is 11.9 Å². The van der Waals surface area contributed by atoms with Crippen LogP contribution in [0.5, 0.6) is 0 Å². The van der Waals surface area contributed by atoms with Gasteiger partial charge in [-0.2, -0.15) is 0 Å². The Morgan fingerprint density at radius 3 is 2.27 bits per heavy atom. The average molecular weight is 484 g/mol.